The average Bonchev–Trinajstić information content (AvgIpc) is 3.25. The molecule has 10 nitrogen and oxygen atoms in total. The molecule has 3 amide bonds. The number of ketones is 1. The van der Waals surface area contributed by atoms with Crippen molar-refractivity contribution in [3.8, 4) is 0 Å². The highest BCUT2D eigenvalue weighted by molar-refractivity contribution is 6.35. The highest BCUT2D eigenvalue weighted by Gasteiger charge is 2.41. The molecule has 1 aliphatic rings. The van der Waals surface area contributed by atoms with Gasteiger partial charge in [0.05, 0.1) is 19.2 Å². The van der Waals surface area contributed by atoms with Gasteiger partial charge in [0.25, 0.3) is 5.78 Å². The molecule has 2 N–H and O–H groups in total. The second kappa shape index (κ2) is 11.7. The molecule has 0 radical (unpaired) electrons. The van der Waals surface area contributed by atoms with E-state index in [0.29, 0.717) is 19.4 Å². The lowest BCUT2D eigenvalue weighted by Crippen LogP contribution is -2.55. The zero-order chi connectivity index (χ0) is 25.5. The van der Waals surface area contributed by atoms with Crippen LogP contribution in [0.3, 0.4) is 0 Å². The zero-order valence-corrected chi connectivity index (χ0v) is 20.3. The van der Waals surface area contributed by atoms with Crippen LogP contribution in [0.25, 0.3) is 0 Å². The van der Waals surface area contributed by atoms with Crippen LogP contribution in [0.15, 0.2) is 30.3 Å². The number of carbonyl (C=O) groups is 5. The Morgan fingerprint density at radius 1 is 1.12 bits per heavy atom. The summed E-state index contributed by atoms with van der Waals surface area (Å²) in [5.74, 6) is -3.05. The molecule has 0 saturated carbocycles. The molecular formula is C24H33N3O7. The molecule has 2 rings (SSSR count). The van der Waals surface area contributed by atoms with Crippen molar-refractivity contribution in [2.45, 2.75) is 70.7 Å². The first kappa shape index (κ1) is 27.0. The van der Waals surface area contributed by atoms with E-state index in [1.165, 1.54) is 6.92 Å². The molecule has 10 heteroatoms. The second-order valence-corrected chi connectivity index (χ2v) is 9.18. The summed E-state index contributed by atoms with van der Waals surface area (Å²) >= 11 is 0. The SMILES string of the molecule is COC(=O)C(=O)C(Cc1ccccc1)N1CCC[C@H]1C(=O)NC(=O)[C@H](C)NC(=O)OC(C)(C)C. The molecule has 1 saturated heterocycles. The molecule has 1 aromatic carbocycles. The summed E-state index contributed by atoms with van der Waals surface area (Å²) in [5, 5.41) is 4.69. The van der Waals surface area contributed by atoms with Gasteiger partial charge in [0.15, 0.2) is 0 Å². The molecule has 0 aromatic heterocycles. The molecular weight excluding hydrogens is 442 g/mol. The number of Topliss-reactive ketones (excluding diaryl/α,β-unsaturated/α-hetero) is 1. The molecule has 1 unspecified atom stereocenters. The second-order valence-electron chi connectivity index (χ2n) is 9.18. The normalized spacial score (nSPS) is 17.9. The number of amides is 3. The van der Waals surface area contributed by atoms with E-state index in [1.807, 2.05) is 30.3 Å². The quantitative estimate of drug-likeness (QED) is 0.426. The van der Waals surface area contributed by atoms with E-state index in [9.17, 15) is 24.0 Å². The fourth-order valence-corrected chi connectivity index (χ4v) is 3.74. The predicted molar refractivity (Wildman–Crippen MR) is 123 cm³/mol. The van der Waals surface area contributed by atoms with E-state index in [0.717, 1.165) is 12.7 Å². The lowest BCUT2D eigenvalue weighted by Gasteiger charge is -2.31. The molecule has 0 aliphatic carbocycles. The Morgan fingerprint density at radius 2 is 1.76 bits per heavy atom. The Bertz CT molecular complexity index is 911. The topological polar surface area (TPSA) is 131 Å². The molecule has 3 atom stereocenters. The fraction of sp³-hybridized carbons (Fsp3) is 0.542. The summed E-state index contributed by atoms with van der Waals surface area (Å²) in [5.41, 5.74) is 0.0856. The van der Waals surface area contributed by atoms with Crippen molar-refractivity contribution in [1.29, 1.82) is 0 Å². The third-order valence-electron chi connectivity index (χ3n) is 5.33. The number of carbonyl (C=O) groups excluding carboxylic acids is 5. The van der Waals surface area contributed by atoms with Crippen LogP contribution in [0.1, 0.15) is 46.1 Å². The van der Waals surface area contributed by atoms with E-state index >= 15 is 0 Å². The highest BCUT2D eigenvalue weighted by atomic mass is 16.6. The maximum absolute atomic E-state index is 13.0. The minimum absolute atomic E-state index is 0.211. The van der Waals surface area contributed by atoms with Crippen LogP contribution in [0.4, 0.5) is 4.79 Å². The number of imide groups is 1. The Balaban J connectivity index is 2.11. The first-order valence-corrected chi connectivity index (χ1v) is 11.2. The molecule has 0 bridgehead atoms. The number of rotatable bonds is 8. The van der Waals surface area contributed by atoms with Gasteiger partial charge >= 0.3 is 12.1 Å². The number of hydrogen-bond acceptors (Lipinski definition) is 8. The number of esters is 1. The van der Waals surface area contributed by atoms with E-state index in [-0.39, 0.29) is 6.42 Å². The van der Waals surface area contributed by atoms with Crippen LogP contribution in [0.2, 0.25) is 0 Å². The van der Waals surface area contributed by atoms with Gasteiger partial charge in [-0.3, -0.25) is 24.6 Å². The maximum Gasteiger partial charge on any atom is 0.408 e. The predicted octanol–water partition coefficient (Wildman–Crippen LogP) is 1.36. The number of ether oxygens (including phenoxy) is 2. The van der Waals surface area contributed by atoms with E-state index < -0.39 is 53.4 Å². The summed E-state index contributed by atoms with van der Waals surface area (Å²) in [7, 11) is 1.13. The van der Waals surface area contributed by atoms with Crippen molar-refractivity contribution < 1.29 is 33.4 Å². The standard InChI is InChI=1S/C24H33N3O7/c1-15(25-23(32)34-24(2,3)4)20(29)26-21(30)17-12-9-13-27(17)18(19(28)22(31)33-5)14-16-10-7-6-8-11-16/h6-8,10-11,15,17-18H,9,12-14H2,1-5H3,(H,25,32)(H,26,29,30)/t15-,17-,18?/m0/s1. The van der Waals surface area contributed by atoms with Crippen molar-refractivity contribution in [3.05, 3.63) is 35.9 Å². The minimum Gasteiger partial charge on any atom is -0.463 e. The van der Waals surface area contributed by atoms with Crippen molar-refractivity contribution in [2.75, 3.05) is 13.7 Å². The van der Waals surface area contributed by atoms with Gasteiger partial charge in [-0.1, -0.05) is 30.3 Å². The molecule has 1 aromatic rings. The Hall–Kier alpha value is -3.27. The molecule has 34 heavy (non-hydrogen) atoms. The number of likely N-dealkylation sites (tertiary alicyclic amines) is 1. The maximum atomic E-state index is 13.0. The monoisotopic (exact) mass is 475 g/mol. The van der Waals surface area contributed by atoms with Gasteiger partial charge in [-0.15, -0.1) is 0 Å². The number of nitrogens with one attached hydrogen (secondary N) is 2. The van der Waals surface area contributed by atoms with Crippen LogP contribution < -0.4 is 10.6 Å². The van der Waals surface area contributed by atoms with Crippen molar-refractivity contribution >= 4 is 29.7 Å². The first-order chi connectivity index (χ1) is 15.9. The third kappa shape index (κ3) is 7.65. The number of benzene rings is 1. The molecule has 186 valence electrons. The van der Waals surface area contributed by atoms with Crippen molar-refractivity contribution in [3.63, 3.8) is 0 Å². The summed E-state index contributed by atoms with van der Waals surface area (Å²) < 4.78 is 9.75. The van der Waals surface area contributed by atoms with Crippen molar-refractivity contribution in [1.82, 2.24) is 15.5 Å². The van der Waals surface area contributed by atoms with Gasteiger partial charge < -0.3 is 14.8 Å². The highest BCUT2D eigenvalue weighted by Crippen LogP contribution is 2.23. The Morgan fingerprint density at radius 3 is 2.35 bits per heavy atom. The summed E-state index contributed by atoms with van der Waals surface area (Å²) in [6.45, 7) is 6.90. The zero-order valence-electron chi connectivity index (χ0n) is 20.3. The molecule has 1 aliphatic heterocycles. The number of nitrogens with zero attached hydrogens (tertiary/aromatic N) is 1. The van der Waals surface area contributed by atoms with E-state index in [4.69, 9.17) is 4.74 Å². The van der Waals surface area contributed by atoms with Crippen LogP contribution >= 0.6 is 0 Å². The van der Waals surface area contributed by atoms with Crippen LogP contribution in [-0.2, 0) is 35.1 Å². The van der Waals surface area contributed by atoms with E-state index in [2.05, 4.69) is 15.4 Å². The Labute approximate surface area is 199 Å². The lowest BCUT2D eigenvalue weighted by atomic mass is 9.99. The van der Waals surface area contributed by atoms with Gasteiger partial charge in [0.1, 0.15) is 11.6 Å². The first-order valence-electron chi connectivity index (χ1n) is 11.2. The smallest absolute Gasteiger partial charge is 0.408 e. The van der Waals surface area contributed by atoms with Crippen LogP contribution in [0, 0.1) is 0 Å². The number of hydrogen-bond donors (Lipinski definition) is 2. The average molecular weight is 476 g/mol. The third-order valence-corrected chi connectivity index (χ3v) is 5.33. The number of alkyl carbamates (subject to hydrolysis) is 1. The largest absolute Gasteiger partial charge is 0.463 e. The van der Waals surface area contributed by atoms with Gasteiger partial charge in [-0.25, -0.2) is 9.59 Å². The fourth-order valence-electron chi connectivity index (χ4n) is 3.74. The summed E-state index contributed by atoms with van der Waals surface area (Å²) in [6.07, 6.45) is 0.449. The van der Waals surface area contributed by atoms with Crippen molar-refractivity contribution in [2.24, 2.45) is 0 Å². The molecule has 1 fully saturated rings. The van der Waals surface area contributed by atoms with Gasteiger partial charge in [-0.2, -0.15) is 0 Å². The van der Waals surface area contributed by atoms with E-state index in [1.54, 1.807) is 25.7 Å². The number of methoxy groups -OCH3 is 1. The summed E-state index contributed by atoms with van der Waals surface area (Å²) in [4.78, 5) is 63.9. The van der Waals surface area contributed by atoms with Gasteiger partial charge in [0.2, 0.25) is 11.8 Å². The lowest BCUT2D eigenvalue weighted by molar-refractivity contribution is -0.154. The molecule has 1 heterocycles. The van der Waals surface area contributed by atoms with Crippen LogP contribution in [-0.4, -0.2) is 71.9 Å². The Kier molecular flexibility index (Phi) is 9.31. The summed E-state index contributed by atoms with van der Waals surface area (Å²) in [6, 6.07) is 6.41. The minimum atomic E-state index is -1.02. The molecule has 0 spiro atoms. The van der Waals surface area contributed by atoms with Gasteiger partial charge in [-0.05, 0) is 59.1 Å². The van der Waals surface area contributed by atoms with Gasteiger partial charge in [0, 0.05) is 0 Å². The van der Waals surface area contributed by atoms with Crippen LogP contribution in [0.5, 0.6) is 0 Å².